The molecule has 9 heteroatoms. The zero-order chi connectivity index (χ0) is 22.9. The van der Waals surface area contributed by atoms with E-state index in [0.29, 0.717) is 22.3 Å². The van der Waals surface area contributed by atoms with Gasteiger partial charge in [0.15, 0.2) is 17.2 Å². The van der Waals surface area contributed by atoms with Crippen LogP contribution in [0.25, 0.3) is 22.3 Å². The predicted molar refractivity (Wildman–Crippen MR) is 114 cm³/mol. The number of pyridine rings is 2. The Morgan fingerprint density at radius 2 is 2.09 bits per heavy atom. The number of methoxy groups -OCH3 is 1. The number of aromatic nitrogens is 2. The zero-order valence-electron chi connectivity index (χ0n) is 17.9. The van der Waals surface area contributed by atoms with Crippen LogP contribution < -0.4 is 16.0 Å². The number of halogens is 1. The number of rotatable bonds is 3. The lowest BCUT2D eigenvalue weighted by molar-refractivity contribution is -0.172. The molecule has 2 aliphatic heterocycles. The topological polar surface area (TPSA) is 117 Å². The number of cyclic esters (lactones) is 1. The molecule has 3 aromatic rings. The third-order valence-corrected chi connectivity index (χ3v) is 6.46. The Balaban J connectivity index is 1.85. The van der Waals surface area contributed by atoms with Gasteiger partial charge in [-0.25, -0.2) is 14.2 Å². The first kappa shape index (κ1) is 20.6. The molecule has 166 valence electrons. The molecule has 2 atom stereocenters. The molecule has 0 spiro atoms. The SMILES string of the molecule is CC[C@@]1(O)C(=O)OCc2c1cc1n(c2=O)Cc2c-1nc1cc(F)c(OC)cc1c2[C@@H](C)N. The Morgan fingerprint density at radius 3 is 2.75 bits per heavy atom. The number of nitrogens with zero attached hydrogens (tertiary/aromatic N) is 2. The molecule has 0 saturated heterocycles. The van der Waals surface area contributed by atoms with Crippen LogP contribution in [0.15, 0.2) is 23.0 Å². The highest BCUT2D eigenvalue weighted by Gasteiger charge is 2.45. The van der Waals surface area contributed by atoms with E-state index in [1.165, 1.54) is 17.7 Å². The fourth-order valence-corrected chi connectivity index (χ4v) is 4.79. The second-order valence-electron chi connectivity index (χ2n) is 8.25. The molecule has 32 heavy (non-hydrogen) atoms. The van der Waals surface area contributed by atoms with Crippen molar-refractivity contribution in [1.29, 1.82) is 0 Å². The van der Waals surface area contributed by atoms with E-state index in [1.54, 1.807) is 19.1 Å². The number of carbonyl (C=O) groups is 1. The summed E-state index contributed by atoms with van der Waals surface area (Å²) in [5.74, 6) is -1.27. The summed E-state index contributed by atoms with van der Waals surface area (Å²) in [4.78, 5) is 30.3. The largest absolute Gasteiger partial charge is 0.494 e. The number of carbonyl (C=O) groups excluding carboxylic acids is 1. The van der Waals surface area contributed by atoms with Crippen LogP contribution in [0.5, 0.6) is 5.75 Å². The highest BCUT2D eigenvalue weighted by molar-refractivity contribution is 5.90. The molecule has 8 nitrogen and oxygen atoms in total. The van der Waals surface area contributed by atoms with Crippen LogP contribution in [0.2, 0.25) is 0 Å². The first-order chi connectivity index (χ1) is 15.2. The van der Waals surface area contributed by atoms with Crippen LogP contribution in [0, 0.1) is 5.82 Å². The standard InChI is InChI=1S/C23H22FN3O5/c1-4-23(30)14-6-17-20-12(8-27(17)21(28)13(14)9-32-22(23)29)19(10(2)25)11-5-18(31-3)15(24)7-16(11)26-20/h5-7,10,30H,4,8-9,25H2,1-3H3/t10-,23+/m1/s1. The molecule has 0 saturated carbocycles. The van der Waals surface area contributed by atoms with Gasteiger partial charge in [-0.2, -0.15) is 0 Å². The summed E-state index contributed by atoms with van der Waals surface area (Å²) in [6.45, 7) is 3.47. The Bertz CT molecular complexity index is 1380. The lowest BCUT2D eigenvalue weighted by Crippen LogP contribution is -2.44. The number of benzene rings is 1. The van der Waals surface area contributed by atoms with Gasteiger partial charge in [-0.3, -0.25) is 4.79 Å². The van der Waals surface area contributed by atoms with Crippen LogP contribution in [-0.4, -0.2) is 27.7 Å². The van der Waals surface area contributed by atoms with Crippen molar-refractivity contribution >= 4 is 16.9 Å². The third-order valence-electron chi connectivity index (χ3n) is 6.46. The fourth-order valence-electron chi connectivity index (χ4n) is 4.79. The highest BCUT2D eigenvalue weighted by atomic mass is 19.1. The quantitative estimate of drug-likeness (QED) is 0.470. The van der Waals surface area contributed by atoms with Crippen LogP contribution in [-0.2, 0) is 28.3 Å². The Hall–Kier alpha value is -3.30. The summed E-state index contributed by atoms with van der Waals surface area (Å²) in [5, 5.41) is 11.6. The van der Waals surface area contributed by atoms with Crippen molar-refractivity contribution in [2.75, 3.05) is 7.11 Å². The van der Waals surface area contributed by atoms with Gasteiger partial charge >= 0.3 is 5.97 Å². The van der Waals surface area contributed by atoms with Gasteiger partial charge < -0.3 is 24.9 Å². The van der Waals surface area contributed by atoms with Crippen molar-refractivity contribution < 1.29 is 23.8 Å². The van der Waals surface area contributed by atoms with E-state index in [0.717, 1.165) is 11.1 Å². The average Bonchev–Trinajstić information content (AvgIpc) is 3.12. The van der Waals surface area contributed by atoms with E-state index in [2.05, 4.69) is 4.98 Å². The first-order valence-electron chi connectivity index (χ1n) is 10.3. The summed E-state index contributed by atoms with van der Waals surface area (Å²) >= 11 is 0. The summed E-state index contributed by atoms with van der Waals surface area (Å²) in [6.07, 6.45) is 0.0514. The van der Waals surface area contributed by atoms with Crippen molar-refractivity contribution in [3.8, 4) is 17.1 Å². The van der Waals surface area contributed by atoms with Crippen molar-refractivity contribution in [2.24, 2.45) is 5.73 Å². The van der Waals surface area contributed by atoms with E-state index in [1.807, 2.05) is 6.92 Å². The average molecular weight is 439 g/mol. The molecule has 1 aromatic carbocycles. The predicted octanol–water partition coefficient (Wildman–Crippen LogP) is 2.25. The molecule has 2 aromatic heterocycles. The van der Waals surface area contributed by atoms with Gasteiger partial charge in [0, 0.05) is 28.6 Å². The normalized spacial score (nSPS) is 19.9. The van der Waals surface area contributed by atoms with Crippen molar-refractivity contribution in [2.45, 2.75) is 45.1 Å². The second-order valence-corrected chi connectivity index (χ2v) is 8.25. The molecular formula is C23H22FN3O5. The number of esters is 1. The van der Waals surface area contributed by atoms with E-state index < -0.39 is 23.4 Å². The number of fused-ring (bicyclic) bond motifs is 5. The lowest BCUT2D eigenvalue weighted by Gasteiger charge is -2.31. The molecule has 0 unspecified atom stereocenters. The Kier molecular flexibility index (Phi) is 4.41. The minimum Gasteiger partial charge on any atom is -0.494 e. The number of hydrogen-bond donors (Lipinski definition) is 2. The molecule has 0 radical (unpaired) electrons. The van der Waals surface area contributed by atoms with Gasteiger partial charge in [0.2, 0.25) is 0 Å². The Morgan fingerprint density at radius 1 is 1.34 bits per heavy atom. The number of hydrogen-bond acceptors (Lipinski definition) is 7. The molecule has 0 bridgehead atoms. The maximum absolute atomic E-state index is 14.4. The van der Waals surface area contributed by atoms with Gasteiger partial charge in [-0.05, 0) is 31.0 Å². The van der Waals surface area contributed by atoms with Gasteiger partial charge in [-0.1, -0.05) is 6.92 Å². The minimum atomic E-state index is -1.91. The Labute approximate surface area is 182 Å². The molecular weight excluding hydrogens is 417 g/mol. The van der Waals surface area contributed by atoms with E-state index in [-0.39, 0.29) is 42.0 Å². The molecule has 0 amide bonds. The minimum absolute atomic E-state index is 0.0514. The third kappa shape index (κ3) is 2.58. The second kappa shape index (κ2) is 6.85. The number of ether oxygens (including phenoxy) is 2. The molecule has 2 aliphatic rings. The van der Waals surface area contributed by atoms with Crippen molar-refractivity contribution in [1.82, 2.24) is 9.55 Å². The molecule has 5 rings (SSSR count). The van der Waals surface area contributed by atoms with Gasteiger partial charge in [-0.15, -0.1) is 0 Å². The highest BCUT2D eigenvalue weighted by Crippen LogP contribution is 2.42. The fraction of sp³-hybridized carbons (Fsp3) is 0.348. The maximum Gasteiger partial charge on any atom is 0.343 e. The lowest BCUT2D eigenvalue weighted by atomic mass is 9.86. The van der Waals surface area contributed by atoms with Gasteiger partial charge in [0.25, 0.3) is 5.56 Å². The summed E-state index contributed by atoms with van der Waals surface area (Å²) in [6, 6.07) is 4.03. The van der Waals surface area contributed by atoms with E-state index >= 15 is 0 Å². The van der Waals surface area contributed by atoms with Crippen LogP contribution in [0.1, 0.15) is 48.6 Å². The van der Waals surface area contributed by atoms with E-state index in [9.17, 15) is 19.1 Å². The van der Waals surface area contributed by atoms with Crippen LogP contribution >= 0.6 is 0 Å². The smallest absolute Gasteiger partial charge is 0.343 e. The molecule has 0 fully saturated rings. The monoisotopic (exact) mass is 439 g/mol. The molecule has 3 N–H and O–H groups in total. The van der Waals surface area contributed by atoms with Crippen molar-refractivity contribution in [3.05, 3.63) is 56.6 Å². The van der Waals surface area contributed by atoms with Crippen LogP contribution in [0.4, 0.5) is 4.39 Å². The maximum atomic E-state index is 14.4. The van der Waals surface area contributed by atoms with Crippen LogP contribution in [0.3, 0.4) is 0 Å². The van der Waals surface area contributed by atoms with Gasteiger partial charge in [0.05, 0.1) is 36.1 Å². The van der Waals surface area contributed by atoms with E-state index in [4.69, 9.17) is 15.2 Å². The number of aliphatic hydroxyl groups is 1. The molecule has 0 aliphatic carbocycles. The number of nitrogens with two attached hydrogens (primary N) is 1. The zero-order valence-corrected chi connectivity index (χ0v) is 17.9. The van der Waals surface area contributed by atoms with Gasteiger partial charge in [0.1, 0.15) is 6.61 Å². The summed E-state index contributed by atoms with van der Waals surface area (Å²) in [5.41, 5.74) is 7.28. The molecule has 4 heterocycles. The first-order valence-corrected chi connectivity index (χ1v) is 10.3. The summed E-state index contributed by atoms with van der Waals surface area (Å²) < 4.78 is 26.2. The van der Waals surface area contributed by atoms with Crippen molar-refractivity contribution in [3.63, 3.8) is 0 Å². The summed E-state index contributed by atoms with van der Waals surface area (Å²) in [7, 11) is 1.38.